The van der Waals surface area contributed by atoms with Crippen LogP contribution in [0.15, 0.2) is 40.6 Å². The lowest BCUT2D eigenvalue weighted by molar-refractivity contribution is 0.0972. The Bertz CT molecular complexity index is 943. The molecule has 0 aliphatic carbocycles. The minimum absolute atomic E-state index is 0.0266. The van der Waals surface area contributed by atoms with Gasteiger partial charge in [0, 0.05) is 13.0 Å². The summed E-state index contributed by atoms with van der Waals surface area (Å²) in [4.78, 5) is 24.3. The molecule has 0 atom stereocenters. The zero-order chi connectivity index (χ0) is 23.3. The van der Waals surface area contributed by atoms with Gasteiger partial charge >= 0.3 is 0 Å². The summed E-state index contributed by atoms with van der Waals surface area (Å²) in [5.41, 5.74) is 18.8. The molecule has 2 aromatic rings. The van der Waals surface area contributed by atoms with Crippen molar-refractivity contribution in [3.63, 3.8) is 0 Å². The van der Waals surface area contributed by atoms with Gasteiger partial charge in [0.1, 0.15) is 11.6 Å². The fourth-order valence-corrected chi connectivity index (χ4v) is 2.77. The molecular weight excluding hydrogens is 410 g/mol. The van der Waals surface area contributed by atoms with Crippen molar-refractivity contribution in [3.8, 4) is 5.75 Å². The topological polar surface area (TPSA) is 193 Å². The molecule has 32 heavy (non-hydrogen) atoms. The van der Waals surface area contributed by atoms with Crippen molar-refractivity contribution in [3.05, 3.63) is 47.4 Å². The van der Waals surface area contributed by atoms with Crippen molar-refractivity contribution in [2.75, 3.05) is 18.9 Å². The highest BCUT2D eigenvalue weighted by atomic mass is 16.5. The quantitative estimate of drug-likeness (QED) is 0.111. The van der Waals surface area contributed by atoms with Crippen LogP contribution in [0.25, 0.3) is 0 Å². The summed E-state index contributed by atoms with van der Waals surface area (Å²) in [6.07, 6.45) is 5.51. The average Bonchev–Trinajstić information content (AvgIpc) is 2.78. The summed E-state index contributed by atoms with van der Waals surface area (Å²) in [7, 11) is 0. The largest absolute Gasteiger partial charge is 0.494 e. The van der Waals surface area contributed by atoms with Crippen molar-refractivity contribution >= 4 is 23.5 Å². The van der Waals surface area contributed by atoms with Gasteiger partial charge in [-0.05, 0) is 50.3 Å². The minimum Gasteiger partial charge on any atom is -0.494 e. The van der Waals surface area contributed by atoms with E-state index in [2.05, 4.69) is 25.4 Å². The lowest BCUT2D eigenvalue weighted by atomic mass is 10.1. The number of rotatable bonds is 11. The molecule has 1 heterocycles. The Morgan fingerprint density at radius 2 is 1.91 bits per heavy atom. The van der Waals surface area contributed by atoms with E-state index >= 15 is 0 Å². The summed E-state index contributed by atoms with van der Waals surface area (Å²) >= 11 is 0. The number of nitrogens with two attached hydrogens (primary N) is 4. The van der Waals surface area contributed by atoms with E-state index < -0.39 is 5.91 Å². The zero-order valence-electron chi connectivity index (χ0n) is 18.3. The van der Waals surface area contributed by atoms with E-state index in [-0.39, 0.29) is 17.5 Å². The van der Waals surface area contributed by atoms with Gasteiger partial charge in [0.05, 0.1) is 18.5 Å². The van der Waals surface area contributed by atoms with Crippen LogP contribution in [-0.4, -0.2) is 40.8 Å². The number of nitrogens with zero attached hydrogens (tertiary/aromatic N) is 4. The molecule has 172 valence electrons. The van der Waals surface area contributed by atoms with Crippen LogP contribution in [0.5, 0.6) is 5.75 Å². The summed E-state index contributed by atoms with van der Waals surface area (Å²) < 4.78 is 5.67. The summed E-state index contributed by atoms with van der Waals surface area (Å²) in [5.74, 6) is 5.86. The van der Waals surface area contributed by atoms with E-state index in [4.69, 9.17) is 27.8 Å². The third-order valence-electron chi connectivity index (χ3n) is 4.47. The van der Waals surface area contributed by atoms with Crippen molar-refractivity contribution in [2.24, 2.45) is 27.4 Å². The van der Waals surface area contributed by atoms with Crippen LogP contribution in [0.1, 0.15) is 47.4 Å². The van der Waals surface area contributed by atoms with Crippen molar-refractivity contribution in [1.82, 2.24) is 15.3 Å². The number of carbonyl (C=O) groups is 1. The predicted octanol–water partition coefficient (Wildman–Crippen LogP) is 0.825. The maximum atomic E-state index is 12.2. The number of anilines is 1. The van der Waals surface area contributed by atoms with Crippen LogP contribution in [0.4, 0.5) is 5.82 Å². The molecule has 0 aliphatic rings. The van der Waals surface area contributed by atoms with Crippen LogP contribution in [0.2, 0.25) is 0 Å². The Morgan fingerprint density at radius 1 is 1.16 bits per heavy atom. The Balaban J connectivity index is 1.66. The molecule has 1 amide bonds. The monoisotopic (exact) mass is 441 g/mol. The first kappa shape index (κ1) is 24.4. The highest BCUT2D eigenvalue weighted by Crippen LogP contribution is 2.14. The first-order chi connectivity index (χ1) is 15.4. The number of unbranched alkanes of at least 4 members (excludes halogenated alkanes) is 1. The molecule has 0 bridgehead atoms. The summed E-state index contributed by atoms with van der Waals surface area (Å²) in [6.45, 7) is 2.77. The summed E-state index contributed by atoms with van der Waals surface area (Å²) in [5, 5.41) is 5.91. The molecule has 0 saturated heterocycles. The molecular formula is C21H31N9O2. The van der Waals surface area contributed by atoms with Gasteiger partial charge in [-0.25, -0.2) is 9.97 Å². The number of hydrogen-bond donors (Lipinski definition) is 5. The molecule has 0 spiro atoms. The Morgan fingerprint density at radius 3 is 2.62 bits per heavy atom. The number of aromatic nitrogens is 2. The van der Waals surface area contributed by atoms with E-state index in [9.17, 15) is 4.79 Å². The first-order valence-corrected chi connectivity index (χ1v) is 10.3. The zero-order valence-corrected chi connectivity index (χ0v) is 18.3. The highest BCUT2D eigenvalue weighted by Gasteiger charge is 2.13. The number of aliphatic imine (C=N–C) groups is 1. The second-order valence-electron chi connectivity index (χ2n) is 7.14. The van der Waals surface area contributed by atoms with E-state index in [1.165, 1.54) is 11.8 Å². The van der Waals surface area contributed by atoms with Gasteiger partial charge < -0.3 is 27.8 Å². The molecule has 0 saturated carbocycles. The van der Waals surface area contributed by atoms with E-state index in [0.29, 0.717) is 31.1 Å². The van der Waals surface area contributed by atoms with Crippen LogP contribution in [0.3, 0.4) is 0 Å². The molecule has 0 aliphatic heterocycles. The maximum absolute atomic E-state index is 12.2. The molecule has 2 rings (SSSR count). The second-order valence-corrected chi connectivity index (χ2v) is 7.14. The predicted molar refractivity (Wildman–Crippen MR) is 125 cm³/mol. The van der Waals surface area contributed by atoms with E-state index in [1.54, 1.807) is 6.92 Å². The number of guanidine groups is 1. The fourth-order valence-electron chi connectivity index (χ4n) is 2.77. The van der Waals surface area contributed by atoms with Gasteiger partial charge in [0.2, 0.25) is 0 Å². The molecule has 9 N–H and O–H groups in total. The molecule has 1 aromatic carbocycles. The van der Waals surface area contributed by atoms with Gasteiger partial charge in [-0.15, -0.1) is 0 Å². The van der Waals surface area contributed by atoms with E-state index in [0.717, 1.165) is 31.4 Å². The van der Waals surface area contributed by atoms with Crippen molar-refractivity contribution < 1.29 is 9.53 Å². The lowest BCUT2D eigenvalue weighted by Gasteiger charge is -2.07. The lowest BCUT2D eigenvalue weighted by Crippen LogP contribution is -2.38. The third kappa shape index (κ3) is 8.46. The second kappa shape index (κ2) is 12.7. The van der Waals surface area contributed by atoms with Crippen LogP contribution < -0.4 is 33.1 Å². The number of hydrogen-bond acceptors (Lipinski definition) is 8. The van der Waals surface area contributed by atoms with Crippen molar-refractivity contribution in [1.29, 1.82) is 0 Å². The first-order valence-electron chi connectivity index (χ1n) is 10.3. The van der Waals surface area contributed by atoms with Crippen LogP contribution >= 0.6 is 0 Å². The van der Waals surface area contributed by atoms with Gasteiger partial charge in [0.15, 0.2) is 17.5 Å². The number of amidine groups is 1. The molecule has 11 nitrogen and oxygen atoms in total. The molecule has 0 radical (unpaired) electrons. The number of carbonyl (C=O) groups excluding carboxylic acids is 1. The fraction of sp³-hybridized carbons (Fsp3) is 0.381. The van der Waals surface area contributed by atoms with Gasteiger partial charge in [-0.3, -0.25) is 15.1 Å². The maximum Gasteiger partial charge on any atom is 0.280 e. The molecule has 1 aromatic heterocycles. The molecule has 11 heteroatoms. The normalized spacial score (nSPS) is 11.9. The molecule has 0 fully saturated rings. The number of benzene rings is 1. The average molecular weight is 442 g/mol. The Labute approximate surface area is 187 Å². The van der Waals surface area contributed by atoms with Gasteiger partial charge in [-0.2, -0.15) is 5.10 Å². The van der Waals surface area contributed by atoms with Gasteiger partial charge in [-0.1, -0.05) is 12.1 Å². The number of nitrogen functional groups attached to an aromatic ring is 1. The number of aryl methyl sites for hydroxylation is 2. The molecule has 0 unspecified atom stereocenters. The highest BCUT2D eigenvalue weighted by molar-refractivity contribution is 6.06. The summed E-state index contributed by atoms with van der Waals surface area (Å²) in [6, 6.07) is 7.97. The van der Waals surface area contributed by atoms with Crippen LogP contribution in [0, 0.1) is 6.92 Å². The number of ether oxygens (including phenoxy) is 1. The Hall–Kier alpha value is -3.89. The smallest absolute Gasteiger partial charge is 0.280 e. The van der Waals surface area contributed by atoms with Crippen LogP contribution in [-0.2, 0) is 6.42 Å². The van der Waals surface area contributed by atoms with E-state index in [1.807, 2.05) is 24.3 Å². The van der Waals surface area contributed by atoms with Gasteiger partial charge in [0.25, 0.3) is 5.91 Å². The SMILES string of the molecule is Cc1cnc(N)c(C(=O)NC(N)=NCCCCc2ccc(OCCC/C(N)=N/N)cc2)n1. The number of amides is 1. The third-order valence-corrected chi connectivity index (χ3v) is 4.47. The Kier molecular flexibility index (Phi) is 9.70. The number of hydrazone groups is 1. The van der Waals surface area contributed by atoms with Crippen molar-refractivity contribution in [2.45, 2.75) is 39.0 Å². The number of nitrogens with one attached hydrogen (secondary N) is 1. The minimum atomic E-state index is -0.529. The standard InChI is InChI=1S/C21H31N9O2/c1-14-13-27-19(23)18(28-14)20(31)29-21(24)26-11-3-2-5-15-7-9-16(10-8-15)32-12-4-6-17(22)30-25/h7-10,13H,2-6,11-12,25H2,1H3,(H2,22,30)(H2,23,27)(H3,24,26,29,31).